The number of anilines is 1. The second-order valence-corrected chi connectivity index (χ2v) is 11.5. The van der Waals surface area contributed by atoms with E-state index >= 15 is 0 Å². The molecular formula is C33H34N2O8S. The van der Waals surface area contributed by atoms with Crippen LogP contribution >= 0.6 is 11.3 Å². The molecule has 0 bridgehead atoms. The first-order chi connectivity index (χ1) is 21.2. The number of rotatable bonds is 11. The number of ketones is 1. The number of esters is 1. The maximum atomic E-state index is 13.7. The third kappa shape index (κ3) is 5.79. The maximum Gasteiger partial charge on any atom is 0.350 e. The molecule has 230 valence electrons. The van der Waals surface area contributed by atoms with Crippen molar-refractivity contribution in [3.8, 4) is 17.2 Å². The number of aliphatic hydroxyl groups excluding tert-OH is 1. The Morgan fingerprint density at radius 2 is 2.02 bits per heavy atom. The van der Waals surface area contributed by atoms with Crippen molar-refractivity contribution in [1.29, 1.82) is 0 Å². The number of aryl methyl sites for hydroxylation is 1. The highest BCUT2D eigenvalue weighted by molar-refractivity contribution is 7.17. The summed E-state index contributed by atoms with van der Waals surface area (Å²) in [7, 11) is 1.50. The molecule has 0 saturated carbocycles. The minimum atomic E-state index is -1.08. The molecule has 0 aliphatic carbocycles. The molecule has 2 aliphatic heterocycles. The number of hydrogen-bond donors (Lipinski definition) is 1. The van der Waals surface area contributed by atoms with Gasteiger partial charge in [-0.3, -0.25) is 14.5 Å². The van der Waals surface area contributed by atoms with Crippen molar-refractivity contribution in [2.24, 2.45) is 0 Å². The van der Waals surface area contributed by atoms with E-state index in [1.165, 1.54) is 18.1 Å². The fourth-order valence-corrected chi connectivity index (χ4v) is 6.23. The summed E-state index contributed by atoms with van der Waals surface area (Å²) >= 11 is 0.929. The van der Waals surface area contributed by atoms with Gasteiger partial charge in [-0.2, -0.15) is 0 Å². The van der Waals surface area contributed by atoms with Crippen LogP contribution < -0.4 is 19.1 Å². The minimum absolute atomic E-state index is 0.00703. The highest BCUT2D eigenvalue weighted by atomic mass is 32.1. The highest BCUT2D eigenvalue weighted by Crippen LogP contribution is 2.46. The molecule has 1 N–H and O–H groups in total. The Balaban J connectivity index is 1.65. The summed E-state index contributed by atoms with van der Waals surface area (Å²) in [4.78, 5) is 46.0. The molecule has 10 nitrogen and oxygen atoms in total. The fourth-order valence-electron chi connectivity index (χ4n) is 5.24. The van der Waals surface area contributed by atoms with Gasteiger partial charge in [-0.1, -0.05) is 43.4 Å². The van der Waals surface area contributed by atoms with Crippen LogP contribution in [-0.2, 0) is 20.7 Å². The molecule has 1 fully saturated rings. The monoisotopic (exact) mass is 618 g/mol. The number of Topliss-reactive ketones (excluding diaryl/α,β-unsaturated/α-hetero) is 1. The Hall–Kier alpha value is -4.64. The lowest BCUT2D eigenvalue weighted by Crippen LogP contribution is -2.29. The van der Waals surface area contributed by atoms with Gasteiger partial charge in [0, 0.05) is 12.0 Å². The molecule has 3 aromatic rings. The van der Waals surface area contributed by atoms with Crippen molar-refractivity contribution in [1.82, 2.24) is 4.98 Å². The SMILES string of the molecule is C=CCOC(=O)c1sc(N2C(=O)C(=O)/C(=C(/O)c3ccc4c(c3)CC(C)O4)C2c2ccc(OCCCC)c(OC)c2)nc1C. The van der Waals surface area contributed by atoms with E-state index in [1.807, 2.05) is 6.92 Å². The summed E-state index contributed by atoms with van der Waals surface area (Å²) in [5.74, 6) is -1.11. The molecule has 44 heavy (non-hydrogen) atoms. The number of amides is 1. The lowest BCUT2D eigenvalue weighted by molar-refractivity contribution is -0.132. The molecule has 1 aromatic heterocycles. The van der Waals surface area contributed by atoms with Gasteiger partial charge in [-0.05, 0) is 61.7 Å². The van der Waals surface area contributed by atoms with Gasteiger partial charge >= 0.3 is 11.9 Å². The van der Waals surface area contributed by atoms with Gasteiger partial charge < -0.3 is 24.1 Å². The van der Waals surface area contributed by atoms with Crippen LogP contribution in [0.5, 0.6) is 17.2 Å². The summed E-state index contributed by atoms with van der Waals surface area (Å²) in [5.41, 5.74) is 1.96. The van der Waals surface area contributed by atoms with Gasteiger partial charge in [0.1, 0.15) is 29.1 Å². The number of carbonyl (C=O) groups excluding carboxylic acids is 3. The zero-order valence-electron chi connectivity index (χ0n) is 25.0. The number of benzene rings is 2. The number of ether oxygens (including phenoxy) is 4. The second-order valence-electron chi connectivity index (χ2n) is 10.5. The van der Waals surface area contributed by atoms with E-state index in [0.717, 1.165) is 29.7 Å². The van der Waals surface area contributed by atoms with Gasteiger partial charge in [0.2, 0.25) is 0 Å². The number of methoxy groups -OCH3 is 1. The minimum Gasteiger partial charge on any atom is -0.507 e. The number of hydrogen-bond acceptors (Lipinski definition) is 10. The first-order valence-corrected chi connectivity index (χ1v) is 15.2. The summed E-state index contributed by atoms with van der Waals surface area (Å²) in [5, 5.41) is 11.8. The van der Waals surface area contributed by atoms with Crippen LogP contribution in [-0.4, -0.2) is 54.2 Å². The Morgan fingerprint density at radius 3 is 2.75 bits per heavy atom. The molecule has 2 unspecified atom stereocenters. The number of aromatic nitrogens is 1. The topological polar surface area (TPSA) is 124 Å². The first-order valence-electron chi connectivity index (χ1n) is 14.4. The van der Waals surface area contributed by atoms with Crippen molar-refractivity contribution < 1.29 is 38.4 Å². The van der Waals surface area contributed by atoms with Crippen LogP contribution in [0.25, 0.3) is 5.76 Å². The summed E-state index contributed by atoms with van der Waals surface area (Å²) in [6, 6.07) is 9.20. The zero-order chi connectivity index (χ0) is 31.5. The standard InChI is InChI=1S/C33H34N2O8S/c1-6-8-14-41-24-12-9-20(17-25(24)40-5)27-26(28(36)21-10-11-23-22(16-21)15-18(3)43-23)29(37)31(38)35(27)33-34-19(4)30(44-33)32(39)42-13-7-2/h7,9-12,16-18,27,36H,2,6,8,13-15H2,1,3-5H3/b28-26+. The predicted octanol–water partition coefficient (Wildman–Crippen LogP) is 5.93. The lowest BCUT2D eigenvalue weighted by Gasteiger charge is -2.24. The Labute approximate surface area is 259 Å². The lowest BCUT2D eigenvalue weighted by atomic mass is 9.94. The molecule has 5 rings (SSSR count). The van der Waals surface area contributed by atoms with E-state index in [4.69, 9.17) is 18.9 Å². The van der Waals surface area contributed by atoms with E-state index in [2.05, 4.69) is 18.5 Å². The molecule has 2 atom stereocenters. The van der Waals surface area contributed by atoms with Crippen LogP contribution in [0, 0.1) is 6.92 Å². The van der Waals surface area contributed by atoms with Crippen LogP contribution in [0.4, 0.5) is 5.13 Å². The quantitative estimate of drug-likeness (QED) is 0.0695. The Bertz CT molecular complexity index is 1660. The van der Waals surface area contributed by atoms with Crippen LogP contribution in [0.3, 0.4) is 0 Å². The average molecular weight is 619 g/mol. The van der Waals surface area contributed by atoms with E-state index < -0.39 is 23.7 Å². The predicted molar refractivity (Wildman–Crippen MR) is 166 cm³/mol. The molecule has 2 aliphatic rings. The van der Waals surface area contributed by atoms with E-state index in [0.29, 0.717) is 47.1 Å². The van der Waals surface area contributed by atoms with Gasteiger partial charge in [0.15, 0.2) is 16.6 Å². The maximum absolute atomic E-state index is 13.7. The molecule has 2 aromatic carbocycles. The summed E-state index contributed by atoms with van der Waals surface area (Å²) < 4.78 is 22.5. The van der Waals surface area contributed by atoms with Crippen molar-refractivity contribution in [3.63, 3.8) is 0 Å². The second kappa shape index (κ2) is 12.9. The van der Waals surface area contributed by atoms with Crippen LogP contribution in [0.15, 0.2) is 54.6 Å². The molecule has 3 heterocycles. The number of unbranched alkanes of at least 4 members (excludes halogenated alkanes) is 1. The third-order valence-electron chi connectivity index (χ3n) is 7.38. The van der Waals surface area contributed by atoms with E-state index in [1.54, 1.807) is 43.3 Å². The zero-order valence-corrected chi connectivity index (χ0v) is 25.9. The average Bonchev–Trinajstić information content (AvgIpc) is 3.67. The smallest absolute Gasteiger partial charge is 0.350 e. The normalized spacial score (nSPS) is 18.6. The number of carbonyl (C=O) groups is 3. The molecular weight excluding hydrogens is 584 g/mol. The Morgan fingerprint density at radius 1 is 1.23 bits per heavy atom. The van der Waals surface area contributed by atoms with Gasteiger partial charge in [-0.15, -0.1) is 0 Å². The molecule has 1 amide bonds. The van der Waals surface area contributed by atoms with Gasteiger partial charge in [-0.25, -0.2) is 9.78 Å². The number of fused-ring (bicyclic) bond motifs is 1. The largest absolute Gasteiger partial charge is 0.507 e. The van der Waals surface area contributed by atoms with Gasteiger partial charge in [0.25, 0.3) is 5.78 Å². The van der Waals surface area contributed by atoms with Crippen LogP contribution in [0.2, 0.25) is 0 Å². The molecule has 0 spiro atoms. The molecule has 0 radical (unpaired) electrons. The molecule has 11 heteroatoms. The van der Waals surface area contributed by atoms with E-state index in [-0.39, 0.29) is 34.1 Å². The highest BCUT2D eigenvalue weighted by Gasteiger charge is 2.49. The van der Waals surface area contributed by atoms with Crippen molar-refractivity contribution >= 4 is 39.9 Å². The summed E-state index contributed by atoms with van der Waals surface area (Å²) in [6.07, 6.45) is 3.89. The number of aliphatic hydroxyl groups is 1. The van der Waals surface area contributed by atoms with E-state index in [9.17, 15) is 19.5 Å². The van der Waals surface area contributed by atoms with Crippen molar-refractivity contribution in [2.45, 2.75) is 52.2 Å². The van der Waals surface area contributed by atoms with Crippen molar-refractivity contribution in [3.05, 3.63) is 81.9 Å². The van der Waals surface area contributed by atoms with Gasteiger partial charge in [0.05, 0.1) is 31.0 Å². The van der Waals surface area contributed by atoms with Crippen molar-refractivity contribution in [2.75, 3.05) is 25.2 Å². The van der Waals surface area contributed by atoms with Crippen LogP contribution in [0.1, 0.15) is 64.8 Å². The molecule has 1 saturated heterocycles. The number of thiazole rings is 1. The fraction of sp³-hybridized carbons (Fsp3) is 0.333. The third-order valence-corrected chi connectivity index (χ3v) is 8.52. The summed E-state index contributed by atoms with van der Waals surface area (Å²) in [6.45, 7) is 9.69. The first kappa shape index (κ1) is 30.8. The Kier molecular flexibility index (Phi) is 9.05. The number of nitrogens with zero attached hydrogens (tertiary/aromatic N) is 2.